The lowest BCUT2D eigenvalue weighted by molar-refractivity contribution is 0.301. The number of ether oxygens (including phenoxy) is 1. The van der Waals surface area contributed by atoms with Crippen LogP contribution in [0.25, 0.3) is 0 Å². The zero-order valence-electron chi connectivity index (χ0n) is 10.1. The summed E-state index contributed by atoms with van der Waals surface area (Å²) in [4.78, 5) is 4.72. The molecule has 0 aromatic heterocycles. The highest BCUT2D eigenvalue weighted by Crippen LogP contribution is 2.26. The number of rotatable bonds is 2. The Kier molecular flexibility index (Phi) is 2.85. The first-order valence-electron chi connectivity index (χ1n) is 6.31. The average Bonchev–Trinajstić information content (AvgIpc) is 3.00. The third kappa shape index (κ3) is 2.20. The van der Waals surface area contributed by atoms with Crippen LogP contribution in [0.3, 0.4) is 0 Å². The smallest absolute Gasteiger partial charge is 0.188 e. The van der Waals surface area contributed by atoms with Gasteiger partial charge in [-0.05, 0) is 25.5 Å². The van der Waals surface area contributed by atoms with Crippen LogP contribution in [0.1, 0.15) is 23.6 Å². The Morgan fingerprint density at radius 3 is 2.82 bits per heavy atom. The summed E-state index contributed by atoms with van der Waals surface area (Å²) < 4.78 is 5.74. The summed E-state index contributed by atoms with van der Waals surface area (Å²) in [7, 11) is 0. The monoisotopic (exact) mass is 230 g/mol. The fourth-order valence-electron chi connectivity index (χ4n) is 2.44. The Morgan fingerprint density at radius 2 is 2.12 bits per heavy atom. The number of benzene rings is 1. The fourth-order valence-corrected chi connectivity index (χ4v) is 2.44. The average molecular weight is 230 g/mol. The van der Waals surface area contributed by atoms with Crippen molar-refractivity contribution < 1.29 is 4.74 Å². The Bertz CT molecular complexity index is 418. The molecule has 2 atom stereocenters. The highest BCUT2D eigenvalue weighted by molar-refractivity contribution is 5.81. The Labute approximate surface area is 102 Å². The summed E-state index contributed by atoms with van der Waals surface area (Å²) in [5.41, 5.74) is 2.55. The van der Waals surface area contributed by atoms with Crippen molar-refractivity contribution in [1.82, 2.24) is 5.32 Å². The first-order chi connectivity index (χ1) is 8.33. The van der Waals surface area contributed by atoms with Crippen molar-refractivity contribution in [3.8, 4) is 0 Å². The van der Waals surface area contributed by atoms with Crippen LogP contribution in [0.5, 0.6) is 0 Å². The minimum atomic E-state index is 0.200. The molecule has 0 radical (unpaired) electrons. The number of nitrogens with one attached hydrogen (secondary N) is 1. The van der Waals surface area contributed by atoms with E-state index in [1.54, 1.807) is 0 Å². The minimum absolute atomic E-state index is 0.200. The lowest BCUT2D eigenvalue weighted by Gasteiger charge is -2.06. The van der Waals surface area contributed by atoms with E-state index in [0.717, 1.165) is 25.4 Å². The van der Waals surface area contributed by atoms with Gasteiger partial charge in [0.2, 0.25) is 0 Å². The van der Waals surface area contributed by atoms with Crippen molar-refractivity contribution in [2.75, 3.05) is 19.7 Å². The largest absolute Gasteiger partial charge is 0.478 e. The van der Waals surface area contributed by atoms with E-state index in [0.29, 0.717) is 12.5 Å². The van der Waals surface area contributed by atoms with Gasteiger partial charge in [-0.3, -0.25) is 0 Å². The first kappa shape index (κ1) is 10.8. The standard InChI is InChI=1S/C14H18N2O/c1-10-2-4-11(5-3-10)13-9-17-14(16-13)12-6-7-15-8-12/h2-5,12-13,15H,6-9H2,1H3. The van der Waals surface area contributed by atoms with Gasteiger partial charge in [-0.15, -0.1) is 0 Å². The summed E-state index contributed by atoms with van der Waals surface area (Å²) in [6, 6.07) is 8.79. The molecule has 1 saturated heterocycles. The molecular weight excluding hydrogens is 212 g/mol. The Morgan fingerprint density at radius 1 is 1.29 bits per heavy atom. The van der Waals surface area contributed by atoms with Crippen LogP contribution in [0.2, 0.25) is 0 Å². The van der Waals surface area contributed by atoms with Crippen molar-refractivity contribution in [1.29, 1.82) is 0 Å². The molecule has 2 aliphatic heterocycles. The van der Waals surface area contributed by atoms with Gasteiger partial charge in [-0.2, -0.15) is 0 Å². The number of nitrogens with zero attached hydrogens (tertiary/aromatic N) is 1. The summed E-state index contributed by atoms with van der Waals surface area (Å²) >= 11 is 0. The van der Waals surface area contributed by atoms with Crippen molar-refractivity contribution in [3.05, 3.63) is 35.4 Å². The van der Waals surface area contributed by atoms with Crippen LogP contribution < -0.4 is 5.32 Å². The van der Waals surface area contributed by atoms with Gasteiger partial charge >= 0.3 is 0 Å². The van der Waals surface area contributed by atoms with Crippen molar-refractivity contribution in [3.63, 3.8) is 0 Å². The third-order valence-electron chi connectivity index (χ3n) is 3.54. The fraction of sp³-hybridized carbons (Fsp3) is 0.500. The van der Waals surface area contributed by atoms with Crippen LogP contribution >= 0.6 is 0 Å². The molecule has 0 bridgehead atoms. The maximum Gasteiger partial charge on any atom is 0.188 e. The highest BCUT2D eigenvalue weighted by atomic mass is 16.5. The summed E-state index contributed by atoms with van der Waals surface area (Å²) in [6.45, 7) is 4.91. The van der Waals surface area contributed by atoms with Gasteiger partial charge in [0.25, 0.3) is 0 Å². The molecule has 1 aromatic carbocycles. The van der Waals surface area contributed by atoms with E-state index in [9.17, 15) is 0 Å². The van der Waals surface area contributed by atoms with E-state index in [-0.39, 0.29) is 6.04 Å². The molecule has 0 spiro atoms. The normalized spacial score (nSPS) is 27.9. The molecule has 2 aliphatic rings. The van der Waals surface area contributed by atoms with Crippen molar-refractivity contribution >= 4 is 5.90 Å². The Hall–Kier alpha value is -1.35. The molecule has 2 unspecified atom stereocenters. The van der Waals surface area contributed by atoms with Gasteiger partial charge in [-0.25, -0.2) is 4.99 Å². The van der Waals surface area contributed by atoms with Gasteiger partial charge < -0.3 is 10.1 Å². The molecule has 0 aliphatic carbocycles. The van der Waals surface area contributed by atoms with Gasteiger partial charge in [0.15, 0.2) is 5.90 Å². The van der Waals surface area contributed by atoms with E-state index >= 15 is 0 Å². The molecule has 0 saturated carbocycles. The van der Waals surface area contributed by atoms with E-state index in [1.807, 2.05) is 0 Å². The topological polar surface area (TPSA) is 33.6 Å². The van der Waals surface area contributed by atoms with E-state index in [1.165, 1.54) is 11.1 Å². The van der Waals surface area contributed by atoms with Gasteiger partial charge in [0.1, 0.15) is 12.6 Å². The van der Waals surface area contributed by atoms with Crippen LogP contribution in [0.4, 0.5) is 0 Å². The van der Waals surface area contributed by atoms with Crippen molar-refractivity contribution in [2.45, 2.75) is 19.4 Å². The predicted molar refractivity (Wildman–Crippen MR) is 68.3 cm³/mol. The molecule has 0 amide bonds. The number of aryl methyl sites for hydroxylation is 1. The molecule has 2 heterocycles. The van der Waals surface area contributed by atoms with E-state index in [2.05, 4.69) is 36.5 Å². The number of aliphatic imine (C=N–C) groups is 1. The molecule has 1 N–H and O–H groups in total. The number of hydrogen-bond donors (Lipinski definition) is 1. The SMILES string of the molecule is Cc1ccc(C2COC(C3CCNC3)=N2)cc1. The molecule has 1 aromatic rings. The van der Waals surface area contributed by atoms with Crippen LogP contribution in [-0.2, 0) is 4.74 Å². The van der Waals surface area contributed by atoms with Crippen LogP contribution in [-0.4, -0.2) is 25.6 Å². The molecule has 3 nitrogen and oxygen atoms in total. The van der Waals surface area contributed by atoms with Gasteiger partial charge in [0, 0.05) is 12.5 Å². The molecule has 17 heavy (non-hydrogen) atoms. The van der Waals surface area contributed by atoms with Crippen LogP contribution in [0, 0.1) is 12.8 Å². The second kappa shape index (κ2) is 4.49. The summed E-state index contributed by atoms with van der Waals surface area (Å²) in [5, 5.41) is 3.35. The highest BCUT2D eigenvalue weighted by Gasteiger charge is 2.28. The molecule has 1 fully saturated rings. The molecule has 3 heteroatoms. The maximum atomic E-state index is 5.74. The Balaban J connectivity index is 1.75. The third-order valence-corrected chi connectivity index (χ3v) is 3.54. The zero-order chi connectivity index (χ0) is 11.7. The lowest BCUT2D eigenvalue weighted by Crippen LogP contribution is -2.17. The summed E-state index contributed by atoms with van der Waals surface area (Å²) in [6.07, 6.45) is 1.15. The maximum absolute atomic E-state index is 5.74. The zero-order valence-corrected chi connectivity index (χ0v) is 10.1. The van der Waals surface area contributed by atoms with E-state index < -0.39 is 0 Å². The number of hydrogen-bond acceptors (Lipinski definition) is 3. The lowest BCUT2D eigenvalue weighted by atomic mass is 10.1. The molecule has 3 rings (SSSR count). The van der Waals surface area contributed by atoms with Crippen LogP contribution in [0.15, 0.2) is 29.3 Å². The molecular formula is C14H18N2O. The van der Waals surface area contributed by atoms with E-state index in [4.69, 9.17) is 9.73 Å². The quantitative estimate of drug-likeness (QED) is 0.844. The second-order valence-corrected chi connectivity index (χ2v) is 4.89. The minimum Gasteiger partial charge on any atom is -0.478 e. The second-order valence-electron chi connectivity index (χ2n) is 4.89. The summed E-state index contributed by atoms with van der Waals surface area (Å²) in [5.74, 6) is 1.45. The van der Waals surface area contributed by atoms with Gasteiger partial charge in [0.05, 0.1) is 0 Å². The van der Waals surface area contributed by atoms with Crippen molar-refractivity contribution in [2.24, 2.45) is 10.9 Å². The first-order valence-corrected chi connectivity index (χ1v) is 6.31. The van der Waals surface area contributed by atoms with Gasteiger partial charge in [-0.1, -0.05) is 29.8 Å². The molecule has 90 valence electrons. The predicted octanol–water partition coefficient (Wildman–Crippen LogP) is 2.07.